The summed E-state index contributed by atoms with van der Waals surface area (Å²) in [5.74, 6) is -10.1. The molecule has 8 heteroatoms. The fraction of sp³-hybridized carbons (Fsp3) is 0.727. The fourth-order valence-electron chi connectivity index (χ4n) is 5.57. The Balaban J connectivity index is 1.61. The van der Waals surface area contributed by atoms with Gasteiger partial charge in [-0.05, 0) is 37.5 Å². The smallest absolute Gasteiger partial charge is 0.405 e. The van der Waals surface area contributed by atoms with Gasteiger partial charge in [-0.3, -0.25) is 0 Å². The molecule has 0 aromatic heterocycles. The number of rotatable bonds is 4. The average Bonchev–Trinajstić information content (AvgIpc) is 3.23. The van der Waals surface area contributed by atoms with Crippen LogP contribution in [0.25, 0.3) is 0 Å². The molecule has 0 radical (unpaired) electrons. The van der Waals surface area contributed by atoms with Crippen molar-refractivity contribution in [3.05, 3.63) is 34.6 Å². The summed E-state index contributed by atoms with van der Waals surface area (Å²) in [4.78, 5) is 0. The van der Waals surface area contributed by atoms with E-state index in [1.165, 1.54) is 19.8 Å². The van der Waals surface area contributed by atoms with Crippen LogP contribution < -0.4 is 0 Å². The zero-order chi connectivity index (χ0) is 21.4. The quantitative estimate of drug-likeness (QED) is 0.236. The topological polar surface area (TPSA) is 18.5 Å². The minimum absolute atomic E-state index is 0.192. The summed E-state index contributed by atoms with van der Waals surface area (Å²) in [6.45, 7) is 1.41. The van der Waals surface area contributed by atoms with Gasteiger partial charge in [0.05, 0.1) is 12.2 Å². The van der Waals surface area contributed by atoms with Crippen LogP contribution in [0.15, 0.2) is 0 Å². The average molecular weight is 430 g/mol. The predicted octanol–water partition coefficient (Wildman–Crippen LogP) is 6.46. The first-order chi connectivity index (χ1) is 14.4. The third kappa shape index (κ3) is 4.02. The summed E-state index contributed by atoms with van der Waals surface area (Å²) >= 11 is 0. The Morgan fingerprint density at radius 3 is 1.40 bits per heavy atom. The Morgan fingerprint density at radius 1 is 0.633 bits per heavy atom. The maximum Gasteiger partial charge on any atom is 0.465 e. The molecule has 1 heterocycles. The molecular formula is C22H28BF5O2. The molecule has 1 aliphatic heterocycles. The number of benzene rings is 1. The summed E-state index contributed by atoms with van der Waals surface area (Å²) in [5.41, 5.74) is -0.858. The van der Waals surface area contributed by atoms with Gasteiger partial charge in [0.15, 0.2) is 23.3 Å². The Morgan fingerprint density at radius 2 is 1.00 bits per heavy atom. The van der Waals surface area contributed by atoms with Gasteiger partial charge in [0.2, 0.25) is 5.82 Å². The Hall–Kier alpha value is -1.15. The second kappa shape index (κ2) is 9.15. The number of halogens is 5. The Kier molecular flexibility index (Phi) is 6.73. The highest BCUT2D eigenvalue weighted by atomic mass is 19.2. The first kappa shape index (κ1) is 22.1. The lowest BCUT2D eigenvalue weighted by molar-refractivity contribution is 0.0324. The third-order valence-corrected chi connectivity index (χ3v) is 7.24. The molecule has 2 saturated carbocycles. The van der Waals surface area contributed by atoms with Crippen molar-refractivity contribution in [1.29, 1.82) is 0 Å². The van der Waals surface area contributed by atoms with Crippen LogP contribution in [0.5, 0.6) is 0 Å². The van der Waals surface area contributed by atoms with E-state index in [2.05, 4.69) is 0 Å². The lowest BCUT2D eigenvalue weighted by Gasteiger charge is -2.35. The van der Waals surface area contributed by atoms with Gasteiger partial charge in [-0.15, -0.1) is 0 Å². The molecule has 1 saturated heterocycles. The first-order valence-corrected chi connectivity index (χ1v) is 11.2. The maximum absolute atomic E-state index is 14.4. The van der Waals surface area contributed by atoms with Gasteiger partial charge in [-0.2, -0.15) is 0 Å². The highest BCUT2D eigenvalue weighted by molar-refractivity contribution is 6.47. The molecule has 2 nitrogen and oxygen atoms in total. The summed E-state index contributed by atoms with van der Waals surface area (Å²) in [7, 11) is -1.03. The molecule has 0 amide bonds. The van der Waals surface area contributed by atoms with Crippen molar-refractivity contribution in [2.24, 2.45) is 11.8 Å². The number of hydrogen-bond acceptors (Lipinski definition) is 2. The highest BCUT2D eigenvalue weighted by Gasteiger charge is 2.50. The molecule has 4 rings (SSSR count). The van der Waals surface area contributed by atoms with Crippen LogP contribution in [-0.2, 0) is 9.31 Å². The van der Waals surface area contributed by atoms with Gasteiger partial charge < -0.3 is 9.31 Å². The van der Waals surface area contributed by atoms with E-state index in [1.807, 2.05) is 0 Å². The first-order valence-electron chi connectivity index (χ1n) is 11.2. The van der Waals surface area contributed by atoms with Crippen molar-refractivity contribution in [3.8, 4) is 0 Å². The van der Waals surface area contributed by atoms with Gasteiger partial charge >= 0.3 is 7.12 Å². The molecule has 3 aliphatic rings. The zero-order valence-corrected chi connectivity index (χ0v) is 17.2. The summed E-state index contributed by atoms with van der Waals surface area (Å²) in [6, 6.07) is 0. The second-order valence-electron chi connectivity index (χ2n) is 9.14. The summed E-state index contributed by atoms with van der Waals surface area (Å²) < 4.78 is 82.1. The molecule has 30 heavy (non-hydrogen) atoms. The maximum atomic E-state index is 14.4. The Bertz CT molecular complexity index is 709. The van der Waals surface area contributed by atoms with Crippen molar-refractivity contribution >= 4 is 7.12 Å². The molecule has 0 N–H and O–H groups in total. The van der Waals surface area contributed by atoms with Gasteiger partial charge in [0.1, 0.15) is 0 Å². The van der Waals surface area contributed by atoms with Crippen LogP contribution in [0.2, 0.25) is 0 Å². The minimum atomic E-state index is -2.14. The molecule has 3 atom stereocenters. The molecule has 2 aliphatic carbocycles. The van der Waals surface area contributed by atoms with Crippen LogP contribution in [-0.4, -0.2) is 19.3 Å². The van der Waals surface area contributed by atoms with Crippen LogP contribution >= 0.6 is 0 Å². The van der Waals surface area contributed by atoms with Gasteiger partial charge in [0.25, 0.3) is 0 Å². The molecule has 0 bridgehead atoms. The lowest BCUT2D eigenvalue weighted by Crippen LogP contribution is -2.38. The minimum Gasteiger partial charge on any atom is -0.405 e. The van der Waals surface area contributed by atoms with Gasteiger partial charge in [-0.1, -0.05) is 45.4 Å². The van der Waals surface area contributed by atoms with Crippen LogP contribution in [0.4, 0.5) is 22.0 Å². The van der Waals surface area contributed by atoms with E-state index >= 15 is 0 Å². The van der Waals surface area contributed by atoms with Gasteiger partial charge in [-0.25, -0.2) is 22.0 Å². The largest absolute Gasteiger partial charge is 0.465 e. The van der Waals surface area contributed by atoms with E-state index in [9.17, 15) is 22.0 Å². The van der Waals surface area contributed by atoms with E-state index in [-0.39, 0.29) is 12.2 Å². The van der Waals surface area contributed by atoms with Crippen LogP contribution in [0.3, 0.4) is 0 Å². The van der Waals surface area contributed by atoms with Crippen molar-refractivity contribution in [3.63, 3.8) is 0 Å². The lowest BCUT2D eigenvalue weighted by atomic mass is 9.69. The molecule has 0 unspecified atom stereocenters. The zero-order valence-electron chi connectivity index (χ0n) is 17.2. The standard InChI is InChI=1S/C22H28BF5O2/c1-12(15-16(24)18(26)20(28)19(27)17(15)25)23-29-21(13-8-4-2-5-9-13)22(30-23)14-10-6-3-7-11-14/h12-14,21-22H,2-11H2,1H3/t12-,21-,22-/m1/s1. The summed E-state index contributed by atoms with van der Waals surface area (Å²) in [5, 5.41) is 0. The van der Waals surface area contributed by atoms with Crippen LogP contribution in [0, 0.1) is 40.9 Å². The molecule has 1 aromatic rings. The molecular weight excluding hydrogens is 402 g/mol. The third-order valence-electron chi connectivity index (χ3n) is 7.24. The van der Waals surface area contributed by atoms with Crippen LogP contribution in [0.1, 0.15) is 82.5 Å². The Labute approximate surface area is 174 Å². The van der Waals surface area contributed by atoms with Crippen molar-refractivity contribution in [2.45, 2.75) is 89.2 Å². The monoisotopic (exact) mass is 430 g/mol. The predicted molar refractivity (Wildman–Crippen MR) is 103 cm³/mol. The fourth-order valence-corrected chi connectivity index (χ4v) is 5.57. The number of hydrogen-bond donors (Lipinski definition) is 0. The molecule has 166 valence electrons. The highest BCUT2D eigenvalue weighted by Crippen LogP contribution is 2.43. The summed E-state index contributed by atoms with van der Waals surface area (Å²) in [6.07, 6.45) is 10.5. The van der Waals surface area contributed by atoms with E-state index < -0.39 is 47.6 Å². The van der Waals surface area contributed by atoms with Gasteiger partial charge in [0, 0.05) is 11.4 Å². The van der Waals surface area contributed by atoms with Crippen molar-refractivity contribution < 1.29 is 31.3 Å². The normalized spacial score (nSPS) is 27.6. The SMILES string of the molecule is C[C@@H](B1O[C@H](C2CCCCC2)[C@@H](C2CCCCC2)O1)c1c(F)c(F)c(F)c(F)c1F. The molecule has 1 aromatic carbocycles. The molecule has 3 fully saturated rings. The van der Waals surface area contributed by atoms with E-state index in [0.29, 0.717) is 11.8 Å². The second-order valence-corrected chi connectivity index (χ2v) is 9.14. The van der Waals surface area contributed by atoms with E-state index in [1.54, 1.807) is 0 Å². The van der Waals surface area contributed by atoms with E-state index in [0.717, 1.165) is 51.4 Å². The molecule has 0 spiro atoms. The van der Waals surface area contributed by atoms with E-state index in [4.69, 9.17) is 9.31 Å². The van der Waals surface area contributed by atoms with Crippen molar-refractivity contribution in [1.82, 2.24) is 0 Å². The van der Waals surface area contributed by atoms with Crippen molar-refractivity contribution in [2.75, 3.05) is 0 Å².